The summed E-state index contributed by atoms with van der Waals surface area (Å²) in [6.45, 7) is 5.89. The number of anilines is 1. The van der Waals surface area contributed by atoms with Crippen LogP contribution in [0, 0.1) is 6.92 Å². The second kappa shape index (κ2) is 8.26. The molecule has 2 aromatic carbocycles. The molecular formula is C18H19BrN2O2S. The molecule has 0 atom stereocenters. The summed E-state index contributed by atoms with van der Waals surface area (Å²) in [5.41, 5.74) is 2.35. The van der Waals surface area contributed by atoms with Gasteiger partial charge in [0.05, 0.1) is 6.10 Å². The van der Waals surface area contributed by atoms with Crippen LogP contribution >= 0.6 is 28.1 Å². The Morgan fingerprint density at radius 3 is 2.62 bits per heavy atom. The number of aryl methyl sites for hydroxylation is 1. The Kier molecular flexibility index (Phi) is 6.34. The summed E-state index contributed by atoms with van der Waals surface area (Å²) in [7, 11) is 0. The lowest BCUT2D eigenvalue weighted by molar-refractivity contribution is 0.0977. The van der Waals surface area contributed by atoms with E-state index in [1.807, 2.05) is 51.1 Å². The zero-order chi connectivity index (χ0) is 17.7. The van der Waals surface area contributed by atoms with E-state index in [-0.39, 0.29) is 17.1 Å². The van der Waals surface area contributed by atoms with Crippen molar-refractivity contribution in [2.45, 2.75) is 26.9 Å². The Labute approximate surface area is 155 Å². The summed E-state index contributed by atoms with van der Waals surface area (Å²) in [5.74, 6) is 0.481. The van der Waals surface area contributed by atoms with Gasteiger partial charge in [0.25, 0.3) is 5.91 Å². The van der Waals surface area contributed by atoms with Crippen LogP contribution in [-0.2, 0) is 0 Å². The third kappa shape index (κ3) is 5.32. The van der Waals surface area contributed by atoms with Gasteiger partial charge in [-0.25, -0.2) is 0 Å². The number of carbonyl (C=O) groups is 1. The molecule has 0 aliphatic carbocycles. The van der Waals surface area contributed by atoms with Crippen molar-refractivity contribution in [2.24, 2.45) is 0 Å². The number of nitrogens with one attached hydrogen (secondary N) is 2. The first kappa shape index (κ1) is 18.4. The number of amides is 1. The standard InChI is InChI=1S/C18H19BrN2O2S/c1-11(2)23-15-6-4-5-14(10-15)20-18(24)21-17(22)13-8-7-12(3)16(19)9-13/h4-11H,1-3H3,(H2,20,21,22,24). The van der Waals surface area contributed by atoms with Gasteiger partial charge in [-0.15, -0.1) is 0 Å². The van der Waals surface area contributed by atoms with Crippen molar-refractivity contribution < 1.29 is 9.53 Å². The van der Waals surface area contributed by atoms with Gasteiger partial charge in [0.2, 0.25) is 0 Å². The molecule has 2 rings (SSSR count). The lowest BCUT2D eigenvalue weighted by Gasteiger charge is -2.13. The summed E-state index contributed by atoms with van der Waals surface area (Å²) < 4.78 is 6.52. The molecule has 24 heavy (non-hydrogen) atoms. The number of hydrogen-bond acceptors (Lipinski definition) is 3. The van der Waals surface area contributed by atoms with E-state index in [2.05, 4.69) is 26.6 Å². The third-order valence-corrected chi connectivity index (χ3v) is 4.18. The molecule has 0 bridgehead atoms. The van der Waals surface area contributed by atoms with Crippen LogP contribution in [0.15, 0.2) is 46.9 Å². The van der Waals surface area contributed by atoms with Gasteiger partial charge >= 0.3 is 0 Å². The molecule has 0 aliphatic rings. The normalized spacial score (nSPS) is 10.4. The Balaban J connectivity index is 2.00. The zero-order valence-electron chi connectivity index (χ0n) is 13.7. The van der Waals surface area contributed by atoms with Gasteiger partial charge in [-0.3, -0.25) is 10.1 Å². The third-order valence-electron chi connectivity index (χ3n) is 3.12. The molecule has 0 spiro atoms. The molecule has 2 aromatic rings. The van der Waals surface area contributed by atoms with Crippen molar-refractivity contribution in [3.05, 3.63) is 58.1 Å². The van der Waals surface area contributed by atoms with Crippen LogP contribution in [0.4, 0.5) is 5.69 Å². The van der Waals surface area contributed by atoms with Crippen LogP contribution in [0.25, 0.3) is 0 Å². The van der Waals surface area contributed by atoms with Crippen molar-refractivity contribution in [1.29, 1.82) is 0 Å². The fourth-order valence-electron chi connectivity index (χ4n) is 1.99. The van der Waals surface area contributed by atoms with Gasteiger partial charge in [0.1, 0.15) is 5.75 Å². The number of rotatable bonds is 4. The predicted octanol–water partition coefficient (Wildman–Crippen LogP) is 4.67. The number of ether oxygens (including phenoxy) is 1. The molecule has 6 heteroatoms. The smallest absolute Gasteiger partial charge is 0.257 e. The number of thiocarbonyl (C=S) groups is 1. The van der Waals surface area contributed by atoms with Gasteiger partial charge < -0.3 is 10.1 Å². The molecule has 0 heterocycles. The summed E-state index contributed by atoms with van der Waals surface area (Å²) >= 11 is 8.63. The van der Waals surface area contributed by atoms with E-state index < -0.39 is 0 Å². The second-order valence-corrected chi connectivity index (χ2v) is 6.83. The molecule has 1 amide bonds. The van der Waals surface area contributed by atoms with Crippen molar-refractivity contribution >= 4 is 44.9 Å². The molecule has 0 aliphatic heterocycles. The fraction of sp³-hybridized carbons (Fsp3) is 0.222. The van der Waals surface area contributed by atoms with E-state index in [9.17, 15) is 4.79 Å². The maximum atomic E-state index is 12.2. The molecule has 0 saturated heterocycles. The first-order valence-electron chi connectivity index (χ1n) is 7.50. The number of halogens is 1. The van der Waals surface area contributed by atoms with Gasteiger partial charge in [-0.2, -0.15) is 0 Å². The first-order chi connectivity index (χ1) is 11.3. The Morgan fingerprint density at radius 1 is 1.21 bits per heavy atom. The lowest BCUT2D eigenvalue weighted by Crippen LogP contribution is -2.34. The van der Waals surface area contributed by atoms with Gasteiger partial charge in [0.15, 0.2) is 5.11 Å². The van der Waals surface area contributed by atoms with Crippen molar-refractivity contribution in [2.75, 3.05) is 5.32 Å². The Bertz CT molecular complexity index is 762. The fourth-order valence-corrected chi connectivity index (χ4v) is 2.58. The van der Waals surface area contributed by atoms with Crippen LogP contribution < -0.4 is 15.4 Å². The average molecular weight is 407 g/mol. The van der Waals surface area contributed by atoms with Gasteiger partial charge in [-0.05, 0) is 62.8 Å². The van der Waals surface area contributed by atoms with Crippen molar-refractivity contribution in [3.63, 3.8) is 0 Å². The summed E-state index contributed by atoms with van der Waals surface area (Å²) in [4.78, 5) is 12.2. The van der Waals surface area contributed by atoms with Crippen LogP contribution in [0.5, 0.6) is 5.75 Å². The van der Waals surface area contributed by atoms with Crippen LogP contribution in [0.1, 0.15) is 29.8 Å². The van der Waals surface area contributed by atoms with E-state index in [0.29, 0.717) is 5.56 Å². The molecule has 2 N–H and O–H groups in total. The largest absolute Gasteiger partial charge is 0.491 e. The highest BCUT2D eigenvalue weighted by molar-refractivity contribution is 9.10. The number of hydrogen-bond donors (Lipinski definition) is 2. The van der Waals surface area contributed by atoms with Crippen LogP contribution in [-0.4, -0.2) is 17.1 Å². The predicted molar refractivity (Wildman–Crippen MR) is 105 cm³/mol. The van der Waals surface area contributed by atoms with Gasteiger partial charge in [-0.1, -0.05) is 28.1 Å². The van der Waals surface area contributed by atoms with E-state index in [1.165, 1.54) is 0 Å². The van der Waals surface area contributed by atoms with E-state index in [0.717, 1.165) is 21.5 Å². The monoisotopic (exact) mass is 406 g/mol. The van der Waals surface area contributed by atoms with Crippen molar-refractivity contribution in [3.8, 4) is 5.75 Å². The van der Waals surface area contributed by atoms with Crippen molar-refractivity contribution in [1.82, 2.24) is 5.32 Å². The molecule has 4 nitrogen and oxygen atoms in total. The van der Waals surface area contributed by atoms with E-state index in [4.69, 9.17) is 17.0 Å². The summed E-state index contributed by atoms with van der Waals surface area (Å²) in [5, 5.41) is 5.90. The van der Waals surface area contributed by atoms with Crippen LogP contribution in [0.2, 0.25) is 0 Å². The second-order valence-electron chi connectivity index (χ2n) is 5.57. The first-order valence-corrected chi connectivity index (χ1v) is 8.70. The lowest BCUT2D eigenvalue weighted by atomic mass is 10.1. The highest BCUT2D eigenvalue weighted by atomic mass is 79.9. The molecule has 0 unspecified atom stereocenters. The zero-order valence-corrected chi connectivity index (χ0v) is 16.1. The molecule has 0 aromatic heterocycles. The highest BCUT2D eigenvalue weighted by Crippen LogP contribution is 2.19. The Hall–Kier alpha value is -1.92. The number of carbonyl (C=O) groups excluding carboxylic acids is 1. The van der Waals surface area contributed by atoms with Crippen LogP contribution in [0.3, 0.4) is 0 Å². The maximum Gasteiger partial charge on any atom is 0.257 e. The van der Waals surface area contributed by atoms with Gasteiger partial charge in [0, 0.05) is 21.8 Å². The molecule has 126 valence electrons. The topological polar surface area (TPSA) is 50.4 Å². The highest BCUT2D eigenvalue weighted by Gasteiger charge is 2.09. The minimum atomic E-state index is -0.261. The molecular weight excluding hydrogens is 388 g/mol. The SMILES string of the molecule is Cc1ccc(C(=O)NC(=S)Nc2cccc(OC(C)C)c2)cc1Br. The molecule has 0 fully saturated rings. The Morgan fingerprint density at radius 2 is 1.96 bits per heavy atom. The minimum absolute atomic E-state index is 0.0897. The van der Waals surface area contributed by atoms with E-state index >= 15 is 0 Å². The molecule has 0 radical (unpaired) electrons. The number of benzene rings is 2. The quantitative estimate of drug-likeness (QED) is 0.724. The van der Waals surface area contributed by atoms with E-state index in [1.54, 1.807) is 12.1 Å². The summed E-state index contributed by atoms with van der Waals surface area (Å²) in [6.07, 6.45) is 0.0897. The maximum absolute atomic E-state index is 12.2. The average Bonchev–Trinajstić information content (AvgIpc) is 2.49. The minimum Gasteiger partial charge on any atom is -0.491 e. The summed E-state index contributed by atoms with van der Waals surface area (Å²) in [6, 6.07) is 12.8. The molecule has 0 saturated carbocycles.